The molecule has 174 valence electrons. The Morgan fingerprint density at radius 1 is 0.906 bits per heavy atom. The summed E-state index contributed by atoms with van der Waals surface area (Å²) in [5.74, 6) is -0.203. The van der Waals surface area contributed by atoms with Gasteiger partial charge in [0.05, 0.1) is 0 Å². The van der Waals surface area contributed by atoms with Crippen LogP contribution in [0.1, 0.15) is 71.6 Å². The second-order valence-electron chi connectivity index (χ2n) is 10.5. The van der Waals surface area contributed by atoms with Crippen LogP contribution in [-0.2, 0) is 28.0 Å². The molecule has 0 aromatic heterocycles. The van der Waals surface area contributed by atoms with E-state index in [1.165, 1.54) is 5.56 Å². The van der Waals surface area contributed by atoms with Gasteiger partial charge in [-0.05, 0) is 68.4 Å². The van der Waals surface area contributed by atoms with E-state index in [0.29, 0.717) is 24.4 Å². The number of nitrogens with zero attached hydrogens (tertiary/aromatic N) is 1. The number of halogens is 1. The van der Waals surface area contributed by atoms with Crippen LogP contribution in [0, 0.1) is 0 Å². The van der Waals surface area contributed by atoms with E-state index in [-0.39, 0.29) is 22.8 Å². The first-order valence-corrected chi connectivity index (χ1v) is 11.6. The van der Waals surface area contributed by atoms with Crippen LogP contribution >= 0.6 is 11.6 Å². The molecule has 0 fully saturated rings. The van der Waals surface area contributed by atoms with Crippen LogP contribution in [0.5, 0.6) is 0 Å². The van der Waals surface area contributed by atoms with E-state index >= 15 is 0 Å². The van der Waals surface area contributed by atoms with Gasteiger partial charge in [0.15, 0.2) is 0 Å². The fourth-order valence-electron chi connectivity index (χ4n) is 3.41. The Balaban J connectivity index is 2.15. The molecular weight excluding hydrogens is 420 g/mol. The van der Waals surface area contributed by atoms with Crippen LogP contribution in [0.15, 0.2) is 48.5 Å². The quantitative estimate of drug-likeness (QED) is 0.563. The zero-order valence-electron chi connectivity index (χ0n) is 20.5. The summed E-state index contributed by atoms with van der Waals surface area (Å²) in [5, 5.41) is 3.63. The lowest BCUT2D eigenvalue weighted by Gasteiger charge is -2.31. The van der Waals surface area contributed by atoms with Crippen molar-refractivity contribution in [3.05, 3.63) is 70.2 Å². The topological polar surface area (TPSA) is 49.4 Å². The molecule has 0 aliphatic rings. The zero-order chi connectivity index (χ0) is 24.1. The third-order valence-electron chi connectivity index (χ3n) is 5.38. The van der Waals surface area contributed by atoms with Crippen molar-refractivity contribution in [3.63, 3.8) is 0 Å². The number of hydrogen-bond acceptors (Lipinski definition) is 2. The molecular formula is C27H37ClN2O2. The van der Waals surface area contributed by atoms with Crippen molar-refractivity contribution < 1.29 is 9.59 Å². The first-order valence-electron chi connectivity index (χ1n) is 11.2. The number of carbonyl (C=O) groups is 2. The van der Waals surface area contributed by atoms with Gasteiger partial charge in [0, 0.05) is 23.5 Å². The second kappa shape index (κ2) is 10.5. The first-order chi connectivity index (χ1) is 14.8. The van der Waals surface area contributed by atoms with Crippen molar-refractivity contribution in [3.8, 4) is 0 Å². The van der Waals surface area contributed by atoms with E-state index < -0.39 is 6.04 Å². The van der Waals surface area contributed by atoms with Gasteiger partial charge in [0.1, 0.15) is 6.04 Å². The van der Waals surface area contributed by atoms with Crippen LogP contribution in [0.3, 0.4) is 0 Å². The molecule has 0 heterocycles. The molecule has 1 atom stereocenters. The Morgan fingerprint density at radius 2 is 1.44 bits per heavy atom. The molecule has 2 aromatic carbocycles. The Hall–Kier alpha value is -2.33. The Morgan fingerprint density at radius 3 is 1.94 bits per heavy atom. The SMILES string of the molecule is C[C@@H](C(=O)NC(C)(C)C)N(Cc1ccc(Cl)cc1)C(=O)CCc1ccc(C(C)(C)C)cc1. The fourth-order valence-corrected chi connectivity index (χ4v) is 3.54. The van der Waals surface area contributed by atoms with Crippen LogP contribution in [0.2, 0.25) is 5.02 Å². The van der Waals surface area contributed by atoms with Gasteiger partial charge in [0.25, 0.3) is 0 Å². The van der Waals surface area contributed by atoms with Crippen molar-refractivity contribution in [2.45, 2.75) is 84.8 Å². The highest BCUT2D eigenvalue weighted by atomic mass is 35.5. The van der Waals surface area contributed by atoms with Gasteiger partial charge in [-0.3, -0.25) is 9.59 Å². The molecule has 32 heavy (non-hydrogen) atoms. The van der Waals surface area contributed by atoms with E-state index in [0.717, 1.165) is 11.1 Å². The lowest BCUT2D eigenvalue weighted by molar-refractivity contribution is -0.141. The highest BCUT2D eigenvalue weighted by molar-refractivity contribution is 6.30. The summed E-state index contributed by atoms with van der Waals surface area (Å²) >= 11 is 6.01. The minimum absolute atomic E-state index is 0.0450. The predicted octanol–water partition coefficient (Wildman–Crippen LogP) is 5.90. The molecule has 1 N–H and O–H groups in total. The van der Waals surface area contributed by atoms with E-state index in [1.807, 2.05) is 32.9 Å². The number of nitrogens with one attached hydrogen (secondary N) is 1. The zero-order valence-corrected chi connectivity index (χ0v) is 21.2. The summed E-state index contributed by atoms with van der Waals surface area (Å²) in [6.45, 7) is 14.5. The molecule has 5 heteroatoms. The normalized spacial score (nSPS) is 12.9. The number of benzene rings is 2. The van der Waals surface area contributed by atoms with E-state index in [2.05, 4.69) is 50.4 Å². The molecule has 0 saturated heterocycles. The van der Waals surface area contributed by atoms with Gasteiger partial charge in [0.2, 0.25) is 11.8 Å². The predicted molar refractivity (Wildman–Crippen MR) is 133 cm³/mol. The largest absolute Gasteiger partial charge is 0.350 e. The molecule has 0 unspecified atom stereocenters. The second-order valence-corrected chi connectivity index (χ2v) is 10.9. The van der Waals surface area contributed by atoms with Crippen molar-refractivity contribution >= 4 is 23.4 Å². The third-order valence-corrected chi connectivity index (χ3v) is 5.63. The van der Waals surface area contributed by atoms with Gasteiger partial charge in [-0.2, -0.15) is 0 Å². The van der Waals surface area contributed by atoms with E-state index in [1.54, 1.807) is 24.0 Å². The molecule has 0 spiro atoms. The Kier molecular flexibility index (Phi) is 8.53. The number of amides is 2. The summed E-state index contributed by atoms with van der Waals surface area (Å²) in [7, 11) is 0. The summed E-state index contributed by atoms with van der Waals surface area (Å²) in [4.78, 5) is 27.7. The lowest BCUT2D eigenvalue weighted by Crippen LogP contribution is -2.52. The highest BCUT2D eigenvalue weighted by Gasteiger charge is 2.28. The van der Waals surface area contributed by atoms with Gasteiger partial charge in [-0.25, -0.2) is 0 Å². The molecule has 2 amide bonds. The van der Waals surface area contributed by atoms with Crippen molar-refractivity contribution in [1.82, 2.24) is 10.2 Å². The maximum Gasteiger partial charge on any atom is 0.242 e. The fraction of sp³-hybridized carbons (Fsp3) is 0.481. The minimum Gasteiger partial charge on any atom is -0.350 e. The summed E-state index contributed by atoms with van der Waals surface area (Å²) in [6.07, 6.45) is 0.976. The van der Waals surface area contributed by atoms with Gasteiger partial charge in [-0.1, -0.05) is 68.8 Å². The summed E-state index contributed by atoms with van der Waals surface area (Å²) in [5.41, 5.74) is 3.05. The Labute approximate surface area is 198 Å². The third kappa shape index (κ3) is 7.98. The van der Waals surface area contributed by atoms with E-state index in [4.69, 9.17) is 11.6 Å². The standard InChI is InChI=1S/C27H37ClN2O2/c1-19(25(32)29-27(5,6)7)30(18-21-10-15-23(28)16-11-21)24(31)17-12-20-8-13-22(14-9-20)26(2,3)4/h8-11,13-16,19H,12,17-18H2,1-7H3,(H,29,32)/t19-/m0/s1. The van der Waals surface area contributed by atoms with Crippen LogP contribution in [0.25, 0.3) is 0 Å². The van der Waals surface area contributed by atoms with Crippen molar-refractivity contribution in [2.24, 2.45) is 0 Å². The molecule has 0 bridgehead atoms. The average Bonchev–Trinajstić information content (AvgIpc) is 2.69. The molecule has 2 rings (SSSR count). The Bertz CT molecular complexity index is 907. The monoisotopic (exact) mass is 456 g/mol. The highest BCUT2D eigenvalue weighted by Crippen LogP contribution is 2.23. The van der Waals surface area contributed by atoms with Crippen LogP contribution in [-0.4, -0.2) is 28.3 Å². The van der Waals surface area contributed by atoms with Gasteiger partial charge >= 0.3 is 0 Å². The number of carbonyl (C=O) groups excluding carboxylic acids is 2. The van der Waals surface area contributed by atoms with Crippen molar-refractivity contribution in [2.75, 3.05) is 0 Å². The summed E-state index contributed by atoms with van der Waals surface area (Å²) < 4.78 is 0. The van der Waals surface area contributed by atoms with Gasteiger partial charge in [-0.15, -0.1) is 0 Å². The van der Waals surface area contributed by atoms with Gasteiger partial charge < -0.3 is 10.2 Å². The number of aryl methyl sites for hydroxylation is 1. The average molecular weight is 457 g/mol. The van der Waals surface area contributed by atoms with Crippen LogP contribution in [0.4, 0.5) is 0 Å². The van der Waals surface area contributed by atoms with Crippen molar-refractivity contribution in [1.29, 1.82) is 0 Å². The minimum atomic E-state index is -0.583. The molecule has 2 aromatic rings. The summed E-state index contributed by atoms with van der Waals surface area (Å²) in [6, 6.07) is 15.2. The molecule has 0 aliphatic heterocycles. The number of hydrogen-bond donors (Lipinski definition) is 1. The maximum atomic E-state index is 13.2. The lowest BCUT2D eigenvalue weighted by atomic mass is 9.86. The molecule has 4 nitrogen and oxygen atoms in total. The smallest absolute Gasteiger partial charge is 0.242 e. The number of rotatable bonds is 7. The first kappa shape index (κ1) is 25.9. The van der Waals surface area contributed by atoms with Crippen LogP contribution < -0.4 is 5.32 Å². The molecule has 0 radical (unpaired) electrons. The maximum absolute atomic E-state index is 13.2. The molecule has 0 saturated carbocycles. The molecule has 0 aliphatic carbocycles. The van der Waals surface area contributed by atoms with E-state index in [9.17, 15) is 9.59 Å².